The molecule has 0 aliphatic heterocycles. The minimum atomic E-state index is 0.230. The summed E-state index contributed by atoms with van der Waals surface area (Å²) < 4.78 is 0. The average molecular weight is 228 g/mol. The van der Waals surface area contributed by atoms with Crippen LogP contribution in [0.3, 0.4) is 0 Å². The van der Waals surface area contributed by atoms with E-state index in [0.29, 0.717) is 12.5 Å². The second-order valence-electron chi connectivity index (χ2n) is 5.58. The van der Waals surface area contributed by atoms with Gasteiger partial charge in [-0.3, -0.25) is 9.69 Å². The lowest BCUT2D eigenvalue weighted by Crippen LogP contribution is -2.46. The summed E-state index contributed by atoms with van der Waals surface area (Å²) in [6.45, 7) is 14.1. The van der Waals surface area contributed by atoms with Gasteiger partial charge in [0.1, 0.15) is 0 Å². The number of carbonyl (C=O) groups excluding carboxylic acids is 1. The molecular formula is C13H28N2O. The molecule has 0 fully saturated rings. The lowest BCUT2D eigenvalue weighted by atomic mass is 10.2. The summed E-state index contributed by atoms with van der Waals surface area (Å²) in [5.41, 5.74) is 0. The molecule has 16 heavy (non-hydrogen) atoms. The van der Waals surface area contributed by atoms with Gasteiger partial charge in [-0.05, 0) is 40.7 Å². The van der Waals surface area contributed by atoms with Gasteiger partial charge in [0.25, 0.3) is 0 Å². The standard InChI is InChI=1S/C13H28N2O/c1-10(2)8-14(7)9-13(16)15(11(3)4)12(5)6/h10-12H,8-9H2,1-7H3. The van der Waals surface area contributed by atoms with Gasteiger partial charge in [0.2, 0.25) is 5.91 Å². The molecule has 0 N–H and O–H groups in total. The van der Waals surface area contributed by atoms with Gasteiger partial charge in [-0.1, -0.05) is 13.8 Å². The van der Waals surface area contributed by atoms with Crippen LogP contribution in [0.15, 0.2) is 0 Å². The molecule has 0 aliphatic carbocycles. The first kappa shape index (κ1) is 15.4. The molecule has 96 valence electrons. The van der Waals surface area contributed by atoms with Crippen molar-refractivity contribution in [2.75, 3.05) is 20.1 Å². The van der Waals surface area contributed by atoms with Gasteiger partial charge in [-0.25, -0.2) is 0 Å². The molecule has 0 aliphatic rings. The van der Waals surface area contributed by atoms with E-state index in [1.165, 1.54) is 0 Å². The lowest BCUT2D eigenvalue weighted by Gasteiger charge is -2.32. The predicted octanol–water partition coefficient (Wildman–Crippen LogP) is 2.22. The van der Waals surface area contributed by atoms with Crippen molar-refractivity contribution in [1.82, 2.24) is 9.80 Å². The second-order valence-corrected chi connectivity index (χ2v) is 5.58. The topological polar surface area (TPSA) is 23.6 Å². The minimum absolute atomic E-state index is 0.230. The summed E-state index contributed by atoms with van der Waals surface area (Å²) in [7, 11) is 2.01. The first-order valence-electron chi connectivity index (χ1n) is 6.25. The third-order valence-corrected chi connectivity index (χ3v) is 2.48. The molecule has 0 aromatic rings. The average Bonchev–Trinajstić information content (AvgIpc) is 1.98. The van der Waals surface area contributed by atoms with Gasteiger partial charge in [-0.15, -0.1) is 0 Å². The fraction of sp³-hybridized carbons (Fsp3) is 0.923. The van der Waals surface area contributed by atoms with E-state index < -0.39 is 0 Å². The Morgan fingerprint density at radius 2 is 1.44 bits per heavy atom. The maximum absolute atomic E-state index is 12.1. The third-order valence-electron chi connectivity index (χ3n) is 2.48. The van der Waals surface area contributed by atoms with E-state index in [-0.39, 0.29) is 18.0 Å². The molecule has 0 saturated heterocycles. The number of hydrogen-bond donors (Lipinski definition) is 0. The van der Waals surface area contributed by atoms with E-state index in [1.807, 2.05) is 11.9 Å². The highest BCUT2D eigenvalue weighted by Gasteiger charge is 2.21. The molecule has 0 saturated carbocycles. The molecule has 0 aromatic carbocycles. The zero-order valence-electron chi connectivity index (χ0n) is 11.9. The fourth-order valence-electron chi connectivity index (χ4n) is 2.17. The molecule has 0 heterocycles. The molecule has 3 nitrogen and oxygen atoms in total. The third kappa shape index (κ3) is 5.50. The molecule has 0 unspecified atom stereocenters. The van der Waals surface area contributed by atoms with E-state index in [1.54, 1.807) is 0 Å². The summed E-state index contributed by atoms with van der Waals surface area (Å²) in [6.07, 6.45) is 0. The highest BCUT2D eigenvalue weighted by atomic mass is 16.2. The van der Waals surface area contributed by atoms with Gasteiger partial charge in [0.15, 0.2) is 0 Å². The van der Waals surface area contributed by atoms with Crippen molar-refractivity contribution >= 4 is 5.91 Å². The van der Waals surface area contributed by atoms with Crippen LogP contribution in [-0.2, 0) is 4.79 Å². The summed E-state index contributed by atoms with van der Waals surface area (Å²) in [5, 5.41) is 0. The maximum atomic E-state index is 12.1. The van der Waals surface area contributed by atoms with Crippen LogP contribution in [-0.4, -0.2) is 47.9 Å². The normalized spacial score (nSPS) is 11.9. The van der Waals surface area contributed by atoms with Crippen molar-refractivity contribution in [1.29, 1.82) is 0 Å². The maximum Gasteiger partial charge on any atom is 0.237 e. The van der Waals surface area contributed by atoms with Crippen molar-refractivity contribution in [2.24, 2.45) is 5.92 Å². The van der Waals surface area contributed by atoms with Gasteiger partial charge in [0.05, 0.1) is 6.54 Å². The molecule has 0 spiro atoms. The van der Waals surface area contributed by atoms with E-state index in [4.69, 9.17) is 0 Å². The molecule has 1 amide bonds. The number of rotatable bonds is 6. The highest BCUT2D eigenvalue weighted by molar-refractivity contribution is 5.78. The van der Waals surface area contributed by atoms with Crippen molar-refractivity contribution in [3.8, 4) is 0 Å². The lowest BCUT2D eigenvalue weighted by molar-refractivity contribution is -0.135. The minimum Gasteiger partial charge on any atom is -0.337 e. The predicted molar refractivity (Wildman–Crippen MR) is 69.5 cm³/mol. The smallest absolute Gasteiger partial charge is 0.237 e. The van der Waals surface area contributed by atoms with E-state index in [0.717, 1.165) is 6.54 Å². The van der Waals surface area contributed by atoms with E-state index in [9.17, 15) is 4.79 Å². The van der Waals surface area contributed by atoms with Crippen LogP contribution >= 0.6 is 0 Å². The Morgan fingerprint density at radius 3 is 1.75 bits per heavy atom. The number of hydrogen-bond acceptors (Lipinski definition) is 2. The Balaban J connectivity index is 4.31. The molecule has 0 atom stereocenters. The summed E-state index contributed by atoms with van der Waals surface area (Å²) in [6, 6.07) is 0.555. The molecule has 0 bridgehead atoms. The van der Waals surface area contributed by atoms with Gasteiger partial charge in [0, 0.05) is 18.6 Å². The molecular weight excluding hydrogens is 200 g/mol. The molecule has 0 radical (unpaired) electrons. The fourth-order valence-corrected chi connectivity index (χ4v) is 2.17. The SMILES string of the molecule is CC(C)CN(C)CC(=O)N(C(C)C)C(C)C. The first-order valence-corrected chi connectivity index (χ1v) is 6.25. The van der Waals surface area contributed by atoms with Crippen LogP contribution in [0.25, 0.3) is 0 Å². The van der Waals surface area contributed by atoms with Gasteiger partial charge >= 0.3 is 0 Å². The Morgan fingerprint density at radius 1 is 1.00 bits per heavy atom. The molecule has 0 aromatic heterocycles. The van der Waals surface area contributed by atoms with Crippen molar-refractivity contribution in [3.63, 3.8) is 0 Å². The highest BCUT2D eigenvalue weighted by Crippen LogP contribution is 2.06. The summed E-state index contributed by atoms with van der Waals surface area (Å²) in [5.74, 6) is 0.831. The quantitative estimate of drug-likeness (QED) is 0.696. The zero-order chi connectivity index (χ0) is 12.9. The summed E-state index contributed by atoms with van der Waals surface area (Å²) in [4.78, 5) is 16.2. The Hall–Kier alpha value is -0.570. The van der Waals surface area contributed by atoms with Crippen LogP contribution in [0.5, 0.6) is 0 Å². The molecule has 0 rings (SSSR count). The second kappa shape index (κ2) is 6.89. The van der Waals surface area contributed by atoms with Crippen molar-refractivity contribution in [2.45, 2.75) is 53.6 Å². The van der Waals surface area contributed by atoms with Crippen LogP contribution in [0.2, 0.25) is 0 Å². The van der Waals surface area contributed by atoms with Crippen LogP contribution in [0, 0.1) is 5.92 Å². The number of nitrogens with zero attached hydrogens (tertiary/aromatic N) is 2. The van der Waals surface area contributed by atoms with Gasteiger partial charge < -0.3 is 4.90 Å². The Bertz CT molecular complexity index is 204. The van der Waals surface area contributed by atoms with E-state index in [2.05, 4.69) is 46.4 Å². The largest absolute Gasteiger partial charge is 0.337 e. The van der Waals surface area contributed by atoms with Crippen LogP contribution in [0.1, 0.15) is 41.5 Å². The van der Waals surface area contributed by atoms with Crippen LogP contribution in [0.4, 0.5) is 0 Å². The summed E-state index contributed by atoms with van der Waals surface area (Å²) >= 11 is 0. The van der Waals surface area contributed by atoms with Crippen molar-refractivity contribution in [3.05, 3.63) is 0 Å². The Labute approximate surface area is 101 Å². The number of amides is 1. The first-order chi connectivity index (χ1) is 7.25. The van der Waals surface area contributed by atoms with Crippen molar-refractivity contribution < 1.29 is 4.79 Å². The molecule has 3 heteroatoms. The van der Waals surface area contributed by atoms with Gasteiger partial charge in [-0.2, -0.15) is 0 Å². The van der Waals surface area contributed by atoms with Crippen LogP contribution < -0.4 is 0 Å². The number of likely N-dealkylation sites (N-methyl/N-ethyl adjacent to an activating group) is 1. The Kier molecular flexibility index (Phi) is 6.65. The number of carbonyl (C=O) groups is 1. The monoisotopic (exact) mass is 228 g/mol. The van der Waals surface area contributed by atoms with E-state index >= 15 is 0 Å². The zero-order valence-corrected chi connectivity index (χ0v) is 11.9.